The van der Waals surface area contributed by atoms with Crippen LogP contribution in [0.3, 0.4) is 0 Å². The lowest BCUT2D eigenvalue weighted by Gasteiger charge is -2.16. The standard InChI is InChI=1S/C22H26N4O3/c1-13(2)21-17-9-18(20(27)10-19(17)24-25-21)22(28)26-11-14-4-5-16(8-15(14)12-26)29-7-6-23-3/h4-5,8-10,13,23,27H,6-7,11-12H2,1-3H3,(H,24,25). The Kier molecular flexibility index (Phi) is 5.15. The summed E-state index contributed by atoms with van der Waals surface area (Å²) in [5, 5.41) is 21.6. The number of hydrogen-bond donors (Lipinski definition) is 3. The van der Waals surface area contributed by atoms with Crippen molar-refractivity contribution in [2.24, 2.45) is 0 Å². The van der Waals surface area contributed by atoms with Gasteiger partial charge in [-0.3, -0.25) is 9.89 Å². The van der Waals surface area contributed by atoms with Crippen LogP contribution in [0, 0.1) is 0 Å². The number of carbonyl (C=O) groups is 1. The summed E-state index contributed by atoms with van der Waals surface area (Å²) < 4.78 is 5.73. The number of likely N-dealkylation sites (N-methyl/N-ethyl adjacent to an activating group) is 1. The van der Waals surface area contributed by atoms with Gasteiger partial charge in [-0.25, -0.2) is 0 Å². The van der Waals surface area contributed by atoms with E-state index in [0.29, 0.717) is 30.8 Å². The molecule has 7 nitrogen and oxygen atoms in total. The van der Waals surface area contributed by atoms with Gasteiger partial charge < -0.3 is 20.1 Å². The van der Waals surface area contributed by atoms with Crippen molar-refractivity contribution >= 4 is 16.8 Å². The fourth-order valence-corrected chi connectivity index (χ4v) is 3.72. The van der Waals surface area contributed by atoms with Gasteiger partial charge in [-0.15, -0.1) is 0 Å². The van der Waals surface area contributed by atoms with E-state index in [9.17, 15) is 9.90 Å². The fourth-order valence-electron chi connectivity index (χ4n) is 3.72. The molecule has 1 aliphatic heterocycles. The van der Waals surface area contributed by atoms with Crippen molar-refractivity contribution in [1.29, 1.82) is 0 Å². The highest BCUT2D eigenvalue weighted by molar-refractivity contribution is 6.01. The molecule has 2 aromatic carbocycles. The molecular formula is C22H26N4O3. The zero-order valence-corrected chi connectivity index (χ0v) is 17.0. The van der Waals surface area contributed by atoms with Crippen LogP contribution in [0.15, 0.2) is 30.3 Å². The van der Waals surface area contributed by atoms with Crippen molar-refractivity contribution in [3.8, 4) is 11.5 Å². The predicted octanol–water partition coefficient (Wildman–Crippen LogP) is 3.15. The minimum absolute atomic E-state index is 0.0450. The number of phenols is 1. The number of carbonyl (C=O) groups excluding carboxylic acids is 1. The second-order valence-corrected chi connectivity index (χ2v) is 7.72. The van der Waals surface area contributed by atoms with E-state index in [1.165, 1.54) is 0 Å². The lowest BCUT2D eigenvalue weighted by molar-refractivity contribution is 0.0748. The Bertz CT molecular complexity index is 1060. The summed E-state index contributed by atoms with van der Waals surface area (Å²) in [7, 11) is 1.88. The number of amides is 1. The monoisotopic (exact) mass is 394 g/mol. The maximum atomic E-state index is 13.2. The number of H-pyrrole nitrogens is 1. The second kappa shape index (κ2) is 7.75. The van der Waals surface area contributed by atoms with Crippen molar-refractivity contribution in [3.63, 3.8) is 0 Å². The van der Waals surface area contributed by atoms with Gasteiger partial charge in [-0.05, 0) is 42.3 Å². The predicted molar refractivity (Wildman–Crippen MR) is 111 cm³/mol. The number of aromatic hydroxyl groups is 1. The SMILES string of the molecule is CNCCOc1ccc2c(c1)CN(C(=O)c1cc3c(C(C)C)[nH]nc3cc1O)C2. The highest BCUT2D eigenvalue weighted by Gasteiger charge is 2.27. The Morgan fingerprint density at radius 1 is 1.28 bits per heavy atom. The number of phenolic OH excluding ortho intramolecular Hbond substituents is 1. The topological polar surface area (TPSA) is 90.5 Å². The molecule has 29 heavy (non-hydrogen) atoms. The summed E-state index contributed by atoms with van der Waals surface area (Å²) in [6.45, 7) is 6.51. The molecule has 0 atom stereocenters. The van der Waals surface area contributed by atoms with Crippen LogP contribution in [0.25, 0.3) is 10.9 Å². The van der Waals surface area contributed by atoms with Crippen LogP contribution in [-0.2, 0) is 13.1 Å². The van der Waals surface area contributed by atoms with Gasteiger partial charge in [0, 0.05) is 36.8 Å². The van der Waals surface area contributed by atoms with E-state index < -0.39 is 0 Å². The van der Waals surface area contributed by atoms with Crippen LogP contribution in [0.2, 0.25) is 0 Å². The Morgan fingerprint density at radius 2 is 2.07 bits per heavy atom. The summed E-state index contributed by atoms with van der Waals surface area (Å²) in [5.74, 6) is 0.813. The van der Waals surface area contributed by atoms with Gasteiger partial charge in [0.1, 0.15) is 18.1 Å². The van der Waals surface area contributed by atoms with Crippen LogP contribution >= 0.6 is 0 Å². The third-order valence-electron chi connectivity index (χ3n) is 5.32. The molecule has 3 N–H and O–H groups in total. The molecule has 0 unspecified atom stereocenters. The van der Waals surface area contributed by atoms with Gasteiger partial charge in [-0.2, -0.15) is 5.10 Å². The Labute approximate surface area is 169 Å². The molecule has 0 fully saturated rings. The Morgan fingerprint density at radius 3 is 2.83 bits per heavy atom. The molecule has 3 aromatic rings. The molecule has 152 valence electrons. The van der Waals surface area contributed by atoms with E-state index in [2.05, 4.69) is 29.4 Å². The van der Waals surface area contributed by atoms with E-state index in [1.807, 2.05) is 25.2 Å². The molecule has 0 bridgehead atoms. The molecule has 0 saturated heterocycles. The second-order valence-electron chi connectivity index (χ2n) is 7.72. The molecule has 2 heterocycles. The molecule has 0 spiro atoms. The summed E-state index contributed by atoms with van der Waals surface area (Å²) in [5.41, 5.74) is 4.11. The molecule has 1 aliphatic rings. The first-order chi connectivity index (χ1) is 14.0. The quantitative estimate of drug-likeness (QED) is 0.559. The number of nitrogens with one attached hydrogen (secondary N) is 2. The van der Waals surface area contributed by atoms with Crippen LogP contribution in [0.1, 0.15) is 46.9 Å². The zero-order valence-electron chi connectivity index (χ0n) is 17.0. The minimum Gasteiger partial charge on any atom is -0.507 e. The van der Waals surface area contributed by atoms with Gasteiger partial charge in [0.2, 0.25) is 0 Å². The van der Waals surface area contributed by atoms with Crippen LogP contribution in [-0.4, -0.2) is 46.3 Å². The maximum absolute atomic E-state index is 13.2. The number of ether oxygens (including phenoxy) is 1. The molecule has 7 heteroatoms. The van der Waals surface area contributed by atoms with Gasteiger partial charge in [0.05, 0.1) is 11.1 Å². The van der Waals surface area contributed by atoms with Crippen molar-refractivity contribution in [2.75, 3.05) is 20.2 Å². The maximum Gasteiger partial charge on any atom is 0.258 e. The van der Waals surface area contributed by atoms with Crippen LogP contribution in [0.5, 0.6) is 11.5 Å². The normalized spacial score (nSPS) is 13.3. The highest BCUT2D eigenvalue weighted by Crippen LogP contribution is 2.33. The van der Waals surface area contributed by atoms with Gasteiger partial charge in [-0.1, -0.05) is 19.9 Å². The van der Waals surface area contributed by atoms with Gasteiger partial charge in [0.15, 0.2) is 0 Å². The molecule has 0 aliphatic carbocycles. The van der Waals surface area contributed by atoms with E-state index in [-0.39, 0.29) is 17.6 Å². The van der Waals surface area contributed by atoms with Crippen molar-refractivity contribution in [2.45, 2.75) is 32.9 Å². The summed E-state index contributed by atoms with van der Waals surface area (Å²) >= 11 is 0. The van der Waals surface area contributed by atoms with E-state index in [0.717, 1.165) is 34.5 Å². The molecular weight excluding hydrogens is 368 g/mol. The summed E-state index contributed by atoms with van der Waals surface area (Å²) in [6.07, 6.45) is 0. The van der Waals surface area contributed by atoms with Crippen LogP contribution < -0.4 is 10.1 Å². The lowest BCUT2D eigenvalue weighted by Crippen LogP contribution is -2.25. The van der Waals surface area contributed by atoms with Crippen molar-refractivity contribution in [3.05, 3.63) is 52.7 Å². The largest absolute Gasteiger partial charge is 0.507 e. The molecule has 0 radical (unpaired) electrons. The first-order valence-corrected chi connectivity index (χ1v) is 9.87. The number of aromatic amines is 1. The van der Waals surface area contributed by atoms with E-state index in [4.69, 9.17) is 4.74 Å². The van der Waals surface area contributed by atoms with Crippen LogP contribution in [0.4, 0.5) is 0 Å². The number of rotatable bonds is 6. The molecule has 4 rings (SSSR count). The van der Waals surface area contributed by atoms with Gasteiger partial charge >= 0.3 is 0 Å². The zero-order chi connectivity index (χ0) is 20.5. The van der Waals surface area contributed by atoms with Gasteiger partial charge in [0.25, 0.3) is 5.91 Å². The average Bonchev–Trinajstić information content (AvgIpc) is 3.30. The first-order valence-electron chi connectivity index (χ1n) is 9.87. The smallest absolute Gasteiger partial charge is 0.258 e. The van der Waals surface area contributed by atoms with E-state index in [1.54, 1.807) is 17.0 Å². The lowest BCUT2D eigenvalue weighted by atomic mass is 10.0. The number of nitrogens with zero attached hydrogens (tertiary/aromatic N) is 2. The number of hydrogen-bond acceptors (Lipinski definition) is 5. The average molecular weight is 394 g/mol. The Balaban J connectivity index is 1.57. The minimum atomic E-state index is -0.186. The number of benzene rings is 2. The molecule has 1 amide bonds. The molecule has 0 saturated carbocycles. The fraction of sp³-hybridized carbons (Fsp3) is 0.364. The third kappa shape index (κ3) is 3.65. The Hall–Kier alpha value is -3.06. The van der Waals surface area contributed by atoms with Crippen molar-refractivity contribution in [1.82, 2.24) is 20.4 Å². The summed E-state index contributed by atoms with van der Waals surface area (Å²) in [4.78, 5) is 14.9. The number of aromatic nitrogens is 2. The number of fused-ring (bicyclic) bond motifs is 2. The first kappa shape index (κ1) is 19.3. The highest BCUT2D eigenvalue weighted by atomic mass is 16.5. The third-order valence-corrected chi connectivity index (χ3v) is 5.32. The van der Waals surface area contributed by atoms with E-state index >= 15 is 0 Å². The molecule has 1 aromatic heterocycles. The summed E-state index contributed by atoms with van der Waals surface area (Å²) in [6, 6.07) is 9.25. The van der Waals surface area contributed by atoms with Crippen molar-refractivity contribution < 1.29 is 14.6 Å².